The topological polar surface area (TPSA) is 140 Å². The molecule has 0 aliphatic heterocycles. The zero-order chi connectivity index (χ0) is 23.2. The average molecular weight is 446 g/mol. The fraction of sp³-hybridized carbons (Fsp3) is 0.174. The molecule has 0 atom stereocenters. The minimum Gasteiger partial charge on any atom is -0.395 e. The van der Waals surface area contributed by atoms with Gasteiger partial charge in [0, 0.05) is 36.5 Å². The maximum Gasteiger partial charge on any atom is 0.271 e. The Morgan fingerprint density at radius 1 is 0.909 bits per heavy atom. The zero-order valence-corrected chi connectivity index (χ0v) is 17.6. The van der Waals surface area contributed by atoms with E-state index in [2.05, 4.69) is 20.2 Å². The van der Waals surface area contributed by atoms with Gasteiger partial charge in [-0.25, -0.2) is 4.98 Å². The van der Waals surface area contributed by atoms with Gasteiger partial charge in [-0.05, 0) is 54.6 Å². The Morgan fingerprint density at radius 3 is 2.09 bits per heavy atom. The van der Waals surface area contributed by atoms with Crippen LogP contribution in [0.3, 0.4) is 0 Å². The summed E-state index contributed by atoms with van der Waals surface area (Å²) in [6, 6.07) is 19.2. The summed E-state index contributed by atoms with van der Waals surface area (Å²) in [5, 5.41) is 37.8. The number of aliphatic hydroxyl groups is 2. The predicted molar refractivity (Wildman–Crippen MR) is 125 cm³/mol. The monoisotopic (exact) mass is 446 g/mol. The highest BCUT2D eigenvalue weighted by Gasteiger charge is 2.11. The molecule has 0 bridgehead atoms. The van der Waals surface area contributed by atoms with E-state index >= 15 is 0 Å². The smallest absolute Gasteiger partial charge is 0.271 e. The van der Waals surface area contributed by atoms with Gasteiger partial charge in [0.25, 0.3) is 5.69 Å². The first-order valence-corrected chi connectivity index (χ1v) is 10.3. The highest BCUT2D eigenvalue weighted by molar-refractivity contribution is 5.81. The zero-order valence-electron chi connectivity index (χ0n) is 17.6. The van der Waals surface area contributed by atoms with Crippen LogP contribution in [-0.4, -0.2) is 51.4 Å². The van der Waals surface area contributed by atoms with Crippen molar-refractivity contribution in [1.29, 1.82) is 0 Å². The van der Waals surface area contributed by atoms with Crippen LogP contribution in [0.2, 0.25) is 0 Å². The number of rotatable bonds is 9. The molecule has 3 aromatic carbocycles. The molecule has 0 saturated heterocycles. The number of aromatic nitrogens is 2. The molecule has 1 heterocycles. The SMILES string of the molecule is O=[N+]([O-])c1ccc2nc(-c3ccc(N=Nc4ccc(N(CCO)CCO)cc4)cc3)[nH]c2c1. The molecule has 168 valence electrons. The number of hydrogen-bond donors (Lipinski definition) is 3. The van der Waals surface area contributed by atoms with Gasteiger partial charge in [-0.2, -0.15) is 10.2 Å². The van der Waals surface area contributed by atoms with Gasteiger partial charge in [-0.15, -0.1) is 0 Å². The molecule has 0 radical (unpaired) electrons. The Kier molecular flexibility index (Phi) is 6.67. The van der Waals surface area contributed by atoms with E-state index in [0.717, 1.165) is 11.3 Å². The van der Waals surface area contributed by atoms with E-state index < -0.39 is 4.92 Å². The summed E-state index contributed by atoms with van der Waals surface area (Å²) in [4.78, 5) is 20.0. The summed E-state index contributed by atoms with van der Waals surface area (Å²) in [6.07, 6.45) is 0. The van der Waals surface area contributed by atoms with Crippen LogP contribution in [0.5, 0.6) is 0 Å². The lowest BCUT2D eigenvalue weighted by Gasteiger charge is -2.22. The highest BCUT2D eigenvalue weighted by atomic mass is 16.6. The van der Waals surface area contributed by atoms with Gasteiger partial charge >= 0.3 is 0 Å². The molecule has 0 aliphatic carbocycles. The van der Waals surface area contributed by atoms with Gasteiger partial charge in [0.1, 0.15) is 5.82 Å². The second-order valence-corrected chi connectivity index (χ2v) is 7.24. The normalized spacial score (nSPS) is 11.3. The molecule has 0 spiro atoms. The van der Waals surface area contributed by atoms with Gasteiger partial charge in [0.15, 0.2) is 0 Å². The van der Waals surface area contributed by atoms with Crippen LogP contribution in [0.15, 0.2) is 77.0 Å². The first kappa shape index (κ1) is 22.1. The first-order chi connectivity index (χ1) is 16.1. The third kappa shape index (κ3) is 5.20. The maximum atomic E-state index is 11.0. The number of fused-ring (bicyclic) bond motifs is 1. The largest absolute Gasteiger partial charge is 0.395 e. The van der Waals surface area contributed by atoms with Gasteiger partial charge in [0.2, 0.25) is 0 Å². The van der Waals surface area contributed by atoms with Gasteiger partial charge in [0.05, 0.1) is 40.5 Å². The Bertz CT molecular complexity index is 1260. The molecule has 0 aliphatic rings. The lowest BCUT2D eigenvalue weighted by atomic mass is 10.2. The average Bonchev–Trinajstić information content (AvgIpc) is 3.27. The van der Waals surface area contributed by atoms with Crippen LogP contribution in [0.4, 0.5) is 22.7 Å². The molecular weight excluding hydrogens is 424 g/mol. The Morgan fingerprint density at radius 2 is 1.52 bits per heavy atom. The summed E-state index contributed by atoms with van der Waals surface area (Å²) >= 11 is 0. The molecule has 0 fully saturated rings. The summed E-state index contributed by atoms with van der Waals surface area (Å²) in [6.45, 7) is 0.891. The fourth-order valence-electron chi connectivity index (χ4n) is 3.39. The minimum atomic E-state index is -0.437. The number of H-pyrrole nitrogens is 1. The van der Waals surface area contributed by atoms with E-state index in [0.29, 0.717) is 41.3 Å². The van der Waals surface area contributed by atoms with Crippen molar-refractivity contribution in [1.82, 2.24) is 9.97 Å². The molecule has 0 unspecified atom stereocenters. The van der Waals surface area contributed by atoms with Crippen molar-refractivity contribution in [3.8, 4) is 11.4 Å². The number of azo groups is 1. The summed E-state index contributed by atoms with van der Waals surface area (Å²) < 4.78 is 0. The molecule has 0 amide bonds. The van der Waals surface area contributed by atoms with Crippen molar-refractivity contribution in [2.24, 2.45) is 10.2 Å². The quantitative estimate of drug-likeness (QED) is 0.198. The van der Waals surface area contributed by atoms with Crippen molar-refractivity contribution < 1.29 is 15.1 Å². The van der Waals surface area contributed by atoms with E-state index in [-0.39, 0.29) is 18.9 Å². The molecular formula is C23H22N6O4. The van der Waals surface area contributed by atoms with Crippen molar-refractivity contribution in [3.63, 3.8) is 0 Å². The van der Waals surface area contributed by atoms with E-state index in [9.17, 15) is 10.1 Å². The Labute approximate surface area is 189 Å². The highest BCUT2D eigenvalue weighted by Crippen LogP contribution is 2.26. The number of anilines is 1. The van der Waals surface area contributed by atoms with Gasteiger partial charge < -0.3 is 20.1 Å². The van der Waals surface area contributed by atoms with Crippen LogP contribution in [-0.2, 0) is 0 Å². The second kappa shape index (κ2) is 9.98. The van der Waals surface area contributed by atoms with Gasteiger partial charge in [-0.3, -0.25) is 10.1 Å². The Balaban J connectivity index is 1.46. The van der Waals surface area contributed by atoms with Gasteiger partial charge in [-0.1, -0.05) is 0 Å². The summed E-state index contributed by atoms with van der Waals surface area (Å²) in [5.41, 5.74) is 4.31. The number of nitro groups is 1. The molecule has 4 rings (SSSR count). The first-order valence-electron chi connectivity index (χ1n) is 10.3. The number of aromatic amines is 1. The molecule has 10 heteroatoms. The number of benzene rings is 3. The number of non-ortho nitro benzene ring substituents is 1. The molecule has 3 N–H and O–H groups in total. The van der Waals surface area contributed by atoms with E-state index in [4.69, 9.17) is 10.2 Å². The second-order valence-electron chi connectivity index (χ2n) is 7.24. The minimum absolute atomic E-state index is 0.00536. The van der Waals surface area contributed by atoms with Crippen molar-refractivity contribution >= 4 is 33.8 Å². The lowest BCUT2D eigenvalue weighted by molar-refractivity contribution is -0.384. The van der Waals surface area contributed by atoms with Crippen LogP contribution >= 0.6 is 0 Å². The molecule has 10 nitrogen and oxygen atoms in total. The van der Waals surface area contributed by atoms with E-state index in [1.807, 2.05) is 53.4 Å². The van der Waals surface area contributed by atoms with Crippen LogP contribution in [0.25, 0.3) is 22.4 Å². The molecule has 0 saturated carbocycles. The third-order valence-corrected chi connectivity index (χ3v) is 5.05. The molecule has 1 aromatic heterocycles. The van der Waals surface area contributed by atoms with Crippen LogP contribution in [0, 0.1) is 10.1 Å². The van der Waals surface area contributed by atoms with Crippen molar-refractivity contribution in [2.45, 2.75) is 0 Å². The third-order valence-electron chi connectivity index (χ3n) is 5.05. The van der Waals surface area contributed by atoms with E-state index in [1.54, 1.807) is 6.07 Å². The number of nitro benzene ring substituents is 1. The number of nitrogens with one attached hydrogen (secondary N) is 1. The predicted octanol–water partition coefficient (Wildman–Crippen LogP) is 4.34. The van der Waals surface area contributed by atoms with Crippen LogP contribution < -0.4 is 4.90 Å². The van der Waals surface area contributed by atoms with E-state index in [1.165, 1.54) is 12.1 Å². The lowest BCUT2D eigenvalue weighted by Crippen LogP contribution is -2.29. The number of imidazole rings is 1. The van der Waals surface area contributed by atoms with Crippen molar-refractivity contribution in [3.05, 3.63) is 76.8 Å². The number of hydrogen-bond acceptors (Lipinski definition) is 8. The molecule has 4 aromatic rings. The maximum absolute atomic E-state index is 11.0. The number of aliphatic hydroxyl groups excluding tert-OH is 2. The molecule has 33 heavy (non-hydrogen) atoms. The van der Waals surface area contributed by atoms with Crippen molar-refractivity contribution in [2.75, 3.05) is 31.2 Å². The van der Waals surface area contributed by atoms with Crippen LogP contribution in [0.1, 0.15) is 0 Å². The summed E-state index contributed by atoms with van der Waals surface area (Å²) in [7, 11) is 0. The fourth-order valence-corrected chi connectivity index (χ4v) is 3.39. The standard InChI is InChI=1S/C23H22N6O4/c30-13-11-28(12-14-31)19-7-5-18(6-8-19)27-26-17-3-1-16(2-4-17)23-24-21-10-9-20(29(32)33)15-22(21)25-23/h1-10,15,30-31H,11-14H2,(H,24,25). The number of nitrogens with zero attached hydrogens (tertiary/aromatic N) is 5. The Hall–Kier alpha value is -4.15. The summed E-state index contributed by atoms with van der Waals surface area (Å²) in [5.74, 6) is 0.611.